The van der Waals surface area contributed by atoms with Crippen LogP contribution in [0.2, 0.25) is 5.15 Å². The van der Waals surface area contributed by atoms with Gasteiger partial charge >= 0.3 is 0 Å². The van der Waals surface area contributed by atoms with E-state index in [-0.39, 0.29) is 0 Å². The molecule has 11 heavy (non-hydrogen) atoms. The van der Waals surface area contributed by atoms with Gasteiger partial charge in [0, 0.05) is 13.2 Å². The van der Waals surface area contributed by atoms with Crippen LogP contribution in [0.3, 0.4) is 0 Å². The molecule has 1 aromatic heterocycles. The molecule has 0 aliphatic rings. The van der Waals surface area contributed by atoms with Gasteiger partial charge in [-0.15, -0.1) is 0 Å². The molecule has 1 N–H and O–H groups in total. The lowest BCUT2D eigenvalue weighted by Gasteiger charge is -2.02. The number of nitrogens with one attached hydrogen (secondary N) is 1. The highest BCUT2D eigenvalue weighted by molar-refractivity contribution is 6.32. The van der Waals surface area contributed by atoms with Gasteiger partial charge in [0.25, 0.3) is 0 Å². The Balaban J connectivity index is 3.27. The molecule has 0 radical (unpaired) electrons. The maximum Gasteiger partial charge on any atom is 0.153 e. The zero-order chi connectivity index (χ0) is 8.27. The summed E-state index contributed by atoms with van der Waals surface area (Å²) < 4.78 is 0. The first kappa shape index (κ1) is 7.83. The van der Waals surface area contributed by atoms with Crippen LogP contribution in [-0.2, 0) is 0 Å². The van der Waals surface area contributed by atoms with Crippen LogP contribution in [-0.4, -0.2) is 12.0 Å². The van der Waals surface area contributed by atoms with E-state index < -0.39 is 0 Å². The van der Waals surface area contributed by atoms with Gasteiger partial charge in [-0.05, 0) is 6.07 Å². The predicted molar refractivity (Wildman–Crippen MR) is 43.5 cm³/mol. The fourth-order valence-corrected chi connectivity index (χ4v) is 1.02. The lowest BCUT2D eigenvalue weighted by atomic mass is 10.2. The molecule has 0 unspecified atom stereocenters. The molecule has 0 aromatic carbocycles. The third-order valence-electron chi connectivity index (χ3n) is 1.28. The van der Waals surface area contributed by atoms with E-state index in [0.717, 1.165) is 0 Å². The Hall–Kier alpha value is -1.27. The molecular formula is C7H6ClN3. The van der Waals surface area contributed by atoms with E-state index >= 15 is 0 Å². The fourth-order valence-electron chi connectivity index (χ4n) is 0.767. The highest BCUT2D eigenvalue weighted by Crippen LogP contribution is 2.21. The minimum Gasteiger partial charge on any atom is -0.385 e. The summed E-state index contributed by atoms with van der Waals surface area (Å²) in [6.45, 7) is 0. The summed E-state index contributed by atoms with van der Waals surface area (Å²) in [6.07, 6.45) is 1.50. The van der Waals surface area contributed by atoms with Crippen LogP contribution in [0.1, 0.15) is 5.56 Å². The largest absolute Gasteiger partial charge is 0.385 e. The molecule has 1 heterocycles. The number of halogens is 1. The number of nitriles is 1. The topological polar surface area (TPSA) is 48.7 Å². The minimum absolute atomic E-state index is 0.326. The normalized spacial score (nSPS) is 8.82. The van der Waals surface area contributed by atoms with Gasteiger partial charge < -0.3 is 5.32 Å². The second-order valence-electron chi connectivity index (χ2n) is 1.89. The summed E-state index contributed by atoms with van der Waals surface area (Å²) in [5.41, 5.74) is 1.09. The maximum atomic E-state index is 8.60. The first-order chi connectivity index (χ1) is 5.29. The fraction of sp³-hybridized carbons (Fsp3) is 0.143. The smallest absolute Gasteiger partial charge is 0.153 e. The van der Waals surface area contributed by atoms with E-state index in [4.69, 9.17) is 16.9 Å². The van der Waals surface area contributed by atoms with E-state index in [1.165, 1.54) is 6.20 Å². The van der Waals surface area contributed by atoms with E-state index in [0.29, 0.717) is 16.4 Å². The summed E-state index contributed by atoms with van der Waals surface area (Å²) in [6, 6.07) is 3.61. The summed E-state index contributed by atoms with van der Waals surface area (Å²) in [5, 5.41) is 11.7. The third kappa shape index (κ3) is 1.41. The molecular weight excluding hydrogens is 162 g/mol. The molecule has 0 spiro atoms. The molecule has 0 aliphatic carbocycles. The van der Waals surface area contributed by atoms with Crippen molar-refractivity contribution in [1.29, 1.82) is 5.26 Å². The molecule has 1 rings (SSSR count). The Kier molecular flexibility index (Phi) is 2.29. The van der Waals surface area contributed by atoms with E-state index in [2.05, 4.69) is 10.3 Å². The van der Waals surface area contributed by atoms with Gasteiger partial charge in [0.05, 0.1) is 11.3 Å². The predicted octanol–water partition coefficient (Wildman–Crippen LogP) is 1.65. The summed E-state index contributed by atoms with van der Waals surface area (Å²) in [7, 11) is 1.70. The molecule has 0 saturated heterocycles. The standard InChI is InChI=1S/C7H6ClN3/c1-10-6-5(4-9)2-3-11-7(6)8/h2-3,10H,1H3. The number of nitrogens with zero attached hydrogens (tertiary/aromatic N) is 2. The van der Waals surface area contributed by atoms with Crippen molar-refractivity contribution < 1.29 is 0 Å². The zero-order valence-corrected chi connectivity index (χ0v) is 6.68. The van der Waals surface area contributed by atoms with Crippen LogP contribution in [0.4, 0.5) is 5.69 Å². The number of hydrogen-bond acceptors (Lipinski definition) is 3. The molecule has 1 aromatic rings. The monoisotopic (exact) mass is 167 g/mol. The molecule has 0 atom stereocenters. The van der Waals surface area contributed by atoms with Crippen molar-refractivity contribution in [3.63, 3.8) is 0 Å². The van der Waals surface area contributed by atoms with Crippen LogP contribution in [0.25, 0.3) is 0 Å². The van der Waals surface area contributed by atoms with Gasteiger partial charge in [0.15, 0.2) is 5.15 Å². The van der Waals surface area contributed by atoms with Gasteiger partial charge in [-0.2, -0.15) is 5.26 Å². The van der Waals surface area contributed by atoms with Gasteiger partial charge in [-0.25, -0.2) is 4.98 Å². The van der Waals surface area contributed by atoms with E-state index in [1.54, 1.807) is 13.1 Å². The van der Waals surface area contributed by atoms with Crippen molar-refractivity contribution in [3.05, 3.63) is 23.0 Å². The van der Waals surface area contributed by atoms with Crippen molar-refractivity contribution >= 4 is 17.3 Å². The molecule has 0 aliphatic heterocycles. The lowest BCUT2D eigenvalue weighted by molar-refractivity contribution is 1.29. The van der Waals surface area contributed by atoms with E-state index in [9.17, 15) is 0 Å². The number of rotatable bonds is 1. The number of anilines is 1. The van der Waals surface area contributed by atoms with Crippen LogP contribution in [0.15, 0.2) is 12.3 Å². The van der Waals surface area contributed by atoms with Gasteiger partial charge in [0.2, 0.25) is 0 Å². The van der Waals surface area contributed by atoms with Gasteiger partial charge in [-0.3, -0.25) is 0 Å². The van der Waals surface area contributed by atoms with Crippen molar-refractivity contribution in [2.45, 2.75) is 0 Å². The quantitative estimate of drug-likeness (QED) is 0.647. The first-order valence-electron chi connectivity index (χ1n) is 3.02. The molecule has 0 fully saturated rings. The highest BCUT2D eigenvalue weighted by Gasteiger charge is 2.03. The molecule has 0 saturated carbocycles. The van der Waals surface area contributed by atoms with Crippen molar-refractivity contribution in [1.82, 2.24) is 4.98 Å². The summed E-state index contributed by atoms with van der Waals surface area (Å²) in [5.74, 6) is 0. The first-order valence-corrected chi connectivity index (χ1v) is 3.39. The Morgan fingerprint density at radius 3 is 2.91 bits per heavy atom. The Labute approximate surface area is 69.6 Å². The molecule has 3 nitrogen and oxygen atoms in total. The summed E-state index contributed by atoms with van der Waals surface area (Å²) in [4.78, 5) is 3.81. The van der Waals surface area contributed by atoms with Gasteiger partial charge in [-0.1, -0.05) is 11.6 Å². The molecule has 0 bridgehead atoms. The molecule has 4 heteroatoms. The van der Waals surface area contributed by atoms with Gasteiger partial charge in [0.1, 0.15) is 6.07 Å². The second-order valence-corrected chi connectivity index (χ2v) is 2.24. The Bertz CT molecular complexity index is 303. The summed E-state index contributed by atoms with van der Waals surface area (Å²) >= 11 is 5.68. The number of aromatic nitrogens is 1. The molecule has 56 valence electrons. The average molecular weight is 168 g/mol. The Morgan fingerprint density at radius 2 is 2.45 bits per heavy atom. The second kappa shape index (κ2) is 3.22. The van der Waals surface area contributed by atoms with E-state index in [1.807, 2.05) is 6.07 Å². The third-order valence-corrected chi connectivity index (χ3v) is 1.56. The molecule has 0 amide bonds. The number of hydrogen-bond donors (Lipinski definition) is 1. The zero-order valence-electron chi connectivity index (χ0n) is 5.93. The lowest BCUT2D eigenvalue weighted by Crippen LogP contribution is -1.94. The highest BCUT2D eigenvalue weighted by atomic mass is 35.5. The van der Waals surface area contributed by atoms with Crippen LogP contribution < -0.4 is 5.32 Å². The van der Waals surface area contributed by atoms with Crippen molar-refractivity contribution in [3.8, 4) is 6.07 Å². The van der Waals surface area contributed by atoms with Crippen LogP contribution >= 0.6 is 11.6 Å². The van der Waals surface area contributed by atoms with Crippen LogP contribution in [0, 0.1) is 11.3 Å². The minimum atomic E-state index is 0.326. The maximum absolute atomic E-state index is 8.60. The Morgan fingerprint density at radius 1 is 1.73 bits per heavy atom. The van der Waals surface area contributed by atoms with Crippen molar-refractivity contribution in [2.75, 3.05) is 12.4 Å². The van der Waals surface area contributed by atoms with Crippen molar-refractivity contribution in [2.24, 2.45) is 0 Å². The van der Waals surface area contributed by atoms with Crippen LogP contribution in [0.5, 0.6) is 0 Å². The SMILES string of the molecule is CNc1c(C#N)ccnc1Cl. The average Bonchev–Trinajstić information content (AvgIpc) is 2.04. The number of pyridine rings is 1.